The van der Waals surface area contributed by atoms with Crippen LogP contribution in [0.4, 0.5) is 5.82 Å². The smallest absolute Gasteiger partial charge is 0.170 e. The summed E-state index contributed by atoms with van der Waals surface area (Å²) in [5.41, 5.74) is 2.71. The monoisotopic (exact) mass is 531 g/mol. The highest BCUT2D eigenvalue weighted by Crippen LogP contribution is 2.59. The van der Waals surface area contributed by atoms with Crippen molar-refractivity contribution in [3.05, 3.63) is 64.9 Å². The number of benzene rings is 2. The molecule has 3 aliphatic rings. The molecule has 2 atom stereocenters. The number of nitriles is 1. The van der Waals surface area contributed by atoms with Gasteiger partial charge in [-0.3, -0.25) is 9.47 Å². The van der Waals surface area contributed by atoms with E-state index in [4.69, 9.17) is 32.9 Å². The van der Waals surface area contributed by atoms with Gasteiger partial charge in [-0.1, -0.05) is 35.3 Å². The van der Waals surface area contributed by atoms with E-state index in [2.05, 4.69) is 25.8 Å². The van der Waals surface area contributed by atoms with E-state index in [1.807, 2.05) is 53.1 Å². The summed E-state index contributed by atoms with van der Waals surface area (Å²) < 4.78 is 7.53. The van der Waals surface area contributed by atoms with Gasteiger partial charge >= 0.3 is 0 Å². The second kappa shape index (κ2) is 8.67. The zero-order valence-corrected chi connectivity index (χ0v) is 21.4. The molecule has 0 N–H and O–H groups in total. The summed E-state index contributed by atoms with van der Waals surface area (Å²) in [7, 11) is 0. The van der Waals surface area contributed by atoms with Crippen LogP contribution >= 0.6 is 23.2 Å². The molecule has 0 spiro atoms. The molecule has 4 aromatic rings. The third-order valence-electron chi connectivity index (χ3n) is 7.98. The fourth-order valence-corrected chi connectivity index (χ4v) is 6.53. The van der Waals surface area contributed by atoms with Gasteiger partial charge in [0.1, 0.15) is 17.7 Å². The van der Waals surface area contributed by atoms with Crippen LogP contribution in [0.3, 0.4) is 0 Å². The third-order valence-corrected chi connectivity index (χ3v) is 8.56. The van der Waals surface area contributed by atoms with Crippen LogP contribution in [0.2, 0.25) is 10.0 Å². The van der Waals surface area contributed by atoms with E-state index in [9.17, 15) is 5.26 Å². The Morgan fingerprint density at radius 3 is 2.41 bits per heavy atom. The molecule has 186 valence electrons. The minimum atomic E-state index is -0.391. The highest BCUT2D eigenvalue weighted by atomic mass is 35.5. The van der Waals surface area contributed by atoms with E-state index < -0.39 is 5.54 Å². The molecular weight excluding hydrogens is 509 g/mol. The van der Waals surface area contributed by atoms with Gasteiger partial charge in [0.05, 0.1) is 24.3 Å². The molecule has 3 fully saturated rings. The van der Waals surface area contributed by atoms with Gasteiger partial charge in [0, 0.05) is 54.3 Å². The number of nitrogens with zero attached hydrogens (tertiary/aromatic N) is 7. The van der Waals surface area contributed by atoms with E-state index in [1.165, 1.54) is 0 Å². The van der Waals surface area contributed by atoms with Gasteiger partial charge in [-0.25, -0.2) is 15.0 Å². The normalized spacial score (nSPS) is 25.3. The molecule has 1 aliphatic carbocycles. The first-order valence-electron chi connectivity index (χ1n) is 12.3. The first kappa shape index (κ1) is 22.9. The Kier molecular flexibility index (Phi) is 5.38. The molecule has 8 nitrogen and oxygen atoms in total. The van der Waals surface area contributed by atoms with E-state index in [0.29, 0.717) is 40.2 Å². The Hall–Kier alpha value is -3.22. The van der Waals surface area contributed by atoms with Gasteiger partial charge in [0.2, 0.25) is 0 Å². The lowest BCUT2D eigenvalue weighted by Gasteiger charge is -2.35. The van der Waals surface area contributed by atoms with Crippen LogP contribution in [-0.4, -0.2) is 69.4 Å². The summed E-state index contributed by atoms with van der Waals surface area (Å²) in [6, 6.07) is 17.9. The number of hydrogen-bond donors (Lipinski definition) is 0. The molecule has 0 radical (unpaired) electrons. The predicted molar refractivity (Wildman–Crippen MR) is 142 cm³/mol. The maximum absolute atomic E-state index is 10.2. The second-order valence-electron chi connectivity index (χ2n) is 9.75. The molecule has 37 heavy (non-hydrogen) atoms. The van der Waals surface area contributed by atoms with E-state index >= 15 is 0 Å². The molecule has 4 heterocycles. The zero-order chi connectivity index (χ0) is 25.1. The number of ether oxygens (including phenoxy) is 1. The molecular formula is C27H23Cl2N7O. The number of morpholine rings is 1. The number of aromatic nitrogens is 4. The number of imidazole rings is 1. The molecule has 2 saturated heterocycles. The standard InChI is InChI=1S/C27H23Cl2N7O/c28-17-5-7-18(8-6-17)36-24(19-3-1-2-4-22(19)29)33-23-25(31-16-32-26(23)36)34-13-20-21(14-34)27(20,15-30)35-9-11-37-12-10-35/h1-8,16,20-21H,9-14H2. The minimum absolute atomic E-state index is 0.280. The largest absolute Gasteiger partial charge is 0.379 e. The van der Waals surface area contributed by atoms with Crippen molar-refractivity contribution in [2.24, 2.45) is 11.8 Å². The first-order chi connectivity index (χ1) is 18.1. The Morgan fingerprint density at radius 2 is 1.70 bits per heavy atom. The van der Waals surface area contributed by atoms with E-state index in [1.54, 1.807) is 6.33 Å². The van der Waals surface area contributed by atoms with E-state index in [-0.39, 0.29) is 11.8 Å². The molecule has 0 bridgehead atoms. The van der Waals surface area contributed by atoms with Crippen LogP contribution in [0.15, 0.2) is 54.9 Å². The second-order valence-corrected chi connectivity index (χ2v) is 10.6. The molecule has 7 rings (SSSR count). The number of anilines is 1. The fourth-order valence-electron chi connectivity index (χ4n) is 6.19. The number of fused-ring (bicyclic) bond motifs is 2. The van der Waals surface area contributed by atoms with Crippen molar-refractivity contribution in [2.45, 2.75) is 5.54 Å². The van der Waals surface area contributed by atoms with Crippen molar-refractivity contribution >= 4 is 40.2 Å². The molecule has 10 heteroatoms. The topological polar surface area (TPSA) is 83.1 Å². The lowest BCUT2D eigenvalue weighted by Crippen LogP contribution is -2.49. The Morgan fingerprint density at radius 1 is 0.973 bits per heavy atom. The van der Waals surface area contributed by atoms with Gasteiger partial charge in [0.25, 0.3) is 0 Å². The van der Waals surface area contributed by atoms with Crippen molar-refractivity contribution in [3.8, 4) is 23.1 Å². The van der Waals surface area contributed by atoms with Gasteiger partial charge in [-0.15, -0.1) is 0 Å². The van der Waals surface area contributed by atoms with E-state index in [0.717, 1.165) is 43.2 Å². The lowest BCUT2D eigenvalue weighted by atomic mass is 10.1. The van der Waals surface area contributed by atoms with Gasteiger partial charge in [0.15, 0.2) is 17.0 Å². The molecule has 2 aromatic carbocycles. The Labute approximate surface area is 224 Å². The van der Waals surface area contributed by atoms with Crippen LogP contribution in [-0.2, 0) is 4.74 Å². The number of halogens is 2. The van der Waals surface area contributed by atoms with Crippen LogP contribution in [0.25, 0.3) is 28.2 Å². The fraction of sp³-hybridized carbons (Fsp3) is 0.333. The maximum Gasteiger partial charge on any atom is 0.170 e. The van der Waals surface area contributed by atoms with Gasteiger partial charge in [-0.05, 0) is 36.4 Å². The summed E-state index contributed by atoms with van der Waals surface area (Å²) in [5.74, 6) is 2.03. The van der Waals surface area contributed by atoms with Crippen molar-refractivity contribution in [3.63, 3.8) is 0 Å². The van der Waals surface area contributed by atoms with Crippen molar-refractivity contribution in [1.82, 2.24) is 24.4 Å². The summed E-state index contributed by atoms with van der Waals surface area (Å²) >= 11 is 12.8. The highest BCUT2D eigenvalue weighted by Gasteiger charge is 2.72. The molecule has 2 unspecified atom stereocenters. The SMILES string of the molecule is N#CC1(N2CCOCC2)C2CN(c3ncnc4c3nc(-c3ccccc3Cl)n4-c3ccc(Cl)cc3)CC21. The predicted octanol–water partition coefficient (Wildman–Crippen LogP) is 4.45. The lowest BCUT2D eigenvalue weighted by molar-refractivity contribution is 0.0148. The quantitative estimate of drug-likeness (QED) is 0.384. The summed E-state index contributed by atoms with van der Waals surface area (Å²) in [5, 5.41) is 11.4. The number of hydrogen-bond acceptors (Lipinski definition) is 7. The Balaban J connectivity index is 1.30. The van der Waals surface area contributed by atoms with Gasteiger partial charge < -0.3 is 9.64 Å². The molecule has 2 aromatic heterocycles. The molecule has 1 saturated carbocycles. The zero-order valence-electron chi connectivity index (χ0n) is 19.9. The summed E-state index contributed by atoms with van der Waals surface area (Å²) in [6.07, 6.45) is 1.59. The third kappa shape index (κ3) is 3.46. The van der Waals surface area contributed by atoms with Crippen molar-refractivity contribution < 1.29 is 4.74 Å². The van der Waals surface area contributed by atoms with Crippen LogP contribution in [0.1, 0.15) is 0 Å². The summed E-state index contributed by atoms with van der Waals surface area (Å²) in [6.45, 7) is 4.52. The van der Waals surface area contributed by atoms with Crippen LogP contribution in [0, 0.1) is 23.2 Å². The average Bonchev–Trinajstić information content (AvgIpc) is 3.22. The average molecular weight is 532 g/mol. The highest BCUT2D eigenvalue weighted by molar-refractivity contribution is 6.33. The first-order valence-corrected chi connectivity index (χ1v) is 13.1. The van der Waals surface area contributed by atoms with Crippen molar-refractivity contribution in [1.29, 1.82) is 5.26 Å². The van der Waals surface area contributed by atoms with Crippen molar-refractivity contribution in [2.75, 3.05) is 44.3 Å². The number of rotatable bonds is 4. The minimum Gasteiger partial charge on any atom is -0.379 e. The van der Waals surface area contributed by atoms with Gasteiger partial charge in [-0.2, -0.15) is 5.26 Å². The van der Waals surface area contributed by atoms with Crippen LogP contribution in [0.5, 0.6) is 0 Å². The molecule has 2 aliphatic heterocycles. The van der Waals surface area contributed by atoms with Crippen LogP contribution < -0.4 is 4.90 Å². The maximum atomic E-state index is 10.2. The summed E-state index contributed by atoms with van der Waals surface area (Å²) in [4.78, 5) is 19.0. The molecule has 0 amide bonds. The Bertz CT molecular complexity index is 1530. The number of piperidine rings is 1.